The largest absolute Gasteiger partial charge is 0.591 e. The van der Waals surface area contributed by atoms with Crippen molar-refractivity contribution in [3.63, 3.8) is 0 Å². The molecule has 1 unspecified atom stereocenters. The van der Waals surface area contributed by atoms with Gasteiger partial charge in [-0.3, -0.25) is 0 Å². The highest BCUT2D eigenvalue weighted by Gasteiger charge is 2.39. The van der Waals surface area contributed by atoms with Crippen molar-refractivity contribution in [2.75, 3.05) is 5.75 Å². The van der Waals surface area contributed by atoms with E-state index in [1.54, 1.807) is 25.4 Å². The molecule has 29 heavy (non-hydrogen) atoms. The van der Waals surface area contributed by atoms with Gasteiger partial charge in [0.25, 0.3) is 0 Å². The molecule has 1 fully saturated rings. The Hall–Kier alpha value is -1.42. The lowest BCUT2D eigenvalue weighted by Gasteiger charge is -2.34. The van der Waals surface area contributed by atoms with Crippen LogP contribution in [0.1, 0.15) is 46.1 Å². The molecular weight excluding hydrogens is 434 g/mol. The molecule has 1 aliphatic carbocycles. The quantitative estimate of drug-likeness (QED) is 0.373. The summed E-state index contributed by atoms with van der Waals surface area (Å²) in [5, 5.41) is 1.32. The molecule has 0 aromatic carbocycles. The highest BCUT2D eigenvalue weighted by Crippen LogP contribution is 2.34. The molecule has 0 aliphatic heterocycles. The molecule has 10 heteroatoms. The van der Waals surface area contributed by atoms with Gasteiger partial charge in [-0.1, -0.05) is 22.9 Å². The van der Waals surface area contributed by atoms with Gasteiger partial charge in [0.1, 0.15) is 27.4 Å². The lowest BCUT2D eigenvalue weighted by Crippen LogP contribution is -2.43. The third-order valence-electron chi connectivity index (χ3n) is 4.78. The van der Waals surface area contributed by atoms with Crippen LogP contribution < -0.4 is 4.74 Å². The average molecular weight is 458 g/mol. The molecular formula is C19H24ClN3O4S2. The Balaban J connectivity index is 1.85. The first-order valence-electron chi connectivity index (χ1n) is 9.30. The van der Waals surface area contributed by atoms with Crippen LogP contribution in [0.5, 0.6) is 5.88 Å². The minimum atomic E-state index is -3.05. The molecule has 3 rings (SSSR count). The third-order valence-corrected chi connectivity index (χ3v) is 8.54. The number of sulfone groups is 1. The summed E-state index contributed by atoms with van der Waals surface area (Å²) in [6, 6.07) is 1.68. The predicted molar refractivity (Wildman–Crippen MR) is 117 cm³/mol. The molecule has 158 valence electrons. The van der Waals surface area contributed by atoms with Crippen molar-refractivity contribution in [3.8, 4) is 5.88 Å². The second-order valence-corrected chi connectivity index (χ2v) is 12.8. The van der Waals surface area contributed by atoms with Crippen molar-refractivity contribution in [3.05, 3.63) is 29.2 Å². The number of hydrogen-bond acceptors (Lipinski definition) is 7. The summed E-state index contributed by atoms with van der Waals surface area (Å²) < 4.78 is 45.7. The zero-order valence-electron chi connectivity index (χ0n) is 16.8. The molecule has 0 amide bonds. The van der Waals surface area contributed by atoms with Crippen molar-refractivity contribution in [1.82, 2.24) is 9.97 Å². The van der Waals surface area contributed by atoms with Gasteiger partial charge in [-0.05, 0) is 26.8 Å². The summed E-state index contributed by atoms with van der Waals surface area (Å²) in [6.07, 6.45) is 5.36. The summed E-state index contributed by atoms with van der Waals surface area (Å²) in [7, 11) is -3.05. The minimum Gasteiger partial charge on any atom is -0.591 e. The van der Waals surface area contributed by atoms with E-state index in [4.69, 9.17) is 16.3 Å². The molecule has 0 spiro atoms. The van der Waals surface area contributed by atoms with E-state index in [1.807, 2.05) is 20.8 Å². The van der Waals surface area contributed by atoms with Gasteiger partial charge in [0.15, 0.2) is 9.84 Å². The maximum Gasteiger partial charge on any atom is 0.223 e. The molecule has 0 N–H and O–H groups in total. The lowest BCUT2D eigenvalue weighted by atomic mass is 9.95. The monoisotopic (exact) mass is 457 g/mol. The number of fused-ring (bicyclic) bond motifs is 1. The van der Waals surface area contributed by atoms with Crippen LogP contribution in [0.15, 0.2) is 22.9 Å². The molecule has 1 aliphatic rings. The number of halogens is 1. The Bertz CT molecular complexity index is 1030. The van der Waals surface area contributed by atoms with Crippen molar-refractivity contribution in [1.29, 1.82) is 0 Å². The third kappa shape index (κ3) is 5.02. The minimum absolute atomic E-state index is 0.137. The van der Waals surface area contributed by atoms with Crippen LogP contribution in [0, 0.1) is 0 Å². The van der Waals surface area contributed by atoms with Gasteiger partial charge in [0, 0.05) is 41.9 Å². The molecule has 0 radical (unpaired) electrons. The fourth-order valence-corrected chi connectivity index (χ4v) is 5.04. The fourth-order valence-electron chi connectivity index (χ4n) is 2.87. The maximum atomic E-state index is 12.2. The second kappa shape index (κ2) is 8.37. The molecule has 1 saturated carbocycles. The fraction of sp³-hybridized carbons (Fsp3) is 0.526. The van der Waals surface area contributed by atoms with E-state index >= 15 is 0 Å². The standard InChI is InChI=1S/C19H24ClN3O4S2/c1-5-29(25,26)14-6-13(7-14)27-18-16-11-21-17(20)8-15(16)12(9-22-18)10-23-28(24)19(2,3)4/h8-11,13-14H,5-7H2,1-4H3/b23-10+/t13-,14+,28?. The van der Waals surface area contributed by atoms with E-state index in [9.17, 15) is 13.0 Å². The Morgan fingerprint density at radius 2 is 2.00 bits per heavy atom. The lowest BCUT2D eigenvalue weighted by molar-refractivity contribution is 0.119. The maximum absolute atomic E-state index is 12.2. The molecule has 2 heterocycles. The van der Waals surface area contributed by atoms with E-state index in [-0.39, 0.29) is 17.1 Å². The first-order valence-corrected chi connectivity index (χ1v) is 12.5. The van der Waals surface area contributed by atoms with Crippen molar-refractivity contribution >= 4 is 49.8 Å². The summed E-state index contributed by atoms with van der Waals surface area (Å²) in [4.78, 5) is 8.47. The van der Waals surface area contributed by atoms with E-state index in [2.05, 4.69) is 14.4 Å². The van der Waals surface area contributed by atoms with Crippen LogP contribution in [0.2, 0.25) is 5.15 Å². The second-order valence-electron chi connectivity index (χ2n) is 7.95. The van der Waals surface area contributed by atoms with Crippen LogP contribution in [-0.2, 0) is 21.2 Å². The number of rotatable bonds is 6. The van der Waals surface area contributed by atoms with Crippen molar-refractivity contribution < 1.29 is 17.7 Å². The molecule has 1 atom stereocenters. The SMILES string of the molecule is CCS(=O)(=O)[C@H]1C[C@@H](Oc2ncc(/C=N/[S+]([O-])C(C)(C)C)c3cc(Cl)ncc23)C1. The normalized spacial score (nSPS) is 21.3. The number of nitrogens with zero attached hydrogens (tertiary/aromatic N) is 3. The van der Waals surface area contributed by atoms with Gasteiger partial charge in [-0.25, -0.2) is 18.4 Å². The predicted octanol–water partition coefficient (Wildman–Crippen LogP) is 3.51. The Morgan fingerprint density at radius 1 is 1.31 bits per heavy atom. The highest BCUT2D eigenvalue weighted by atomic mass is 35.5. The van der Waals surface area contributed by atoms with Crippen LogP contribution in [0.3, 0.4) is 0 Å². The Morgan fingerprint density at radius 3 is 2.62 bits per heavy atom. The number of hydrogen-bond donors (Lipinski definition) is 0. The van der Waals surface area contributed by atoms with Gasteiger partial charge in [-0.2, -0.15) is 0 Å². The van der Waals surface area contributed by atoms with E-state index in [0.717, 1.165) is 5.39 Å². The van der Waals surface area contributed by atoms with E-state index < -0.39 is 25.9 Å². The molecule has 0 bridgehead atoms. The average Bonchev–Trinajstić information content (AvgIpc) is 2.61. The van der Waals surface area contributed by atoms with Crippen LogP contribution in [0.25, 0.3) is 10.8 Å². The molecule has 2 aromatic heterocycles. The summed E-state index contributed by atoms with van der Waals surface area (Å²) in [5.74, 6) is 0.508. The van der Waals surface area contributed by atoms with Crippen molar-refractivity contribution in [2.45, 2.75) is 56.6 Å². The van der Waals surface area contributed by atoms with Crippen LogP contribution >= 0.6 is 11.6 Å². The molecule has 7 nitrogen and oxygen atoms in total. The zero-order valence-corrected chi connectivity index (χ0v) is 19.1. The number of pyridine rings is 2. The van der Waals surface area contributed by atoms with Gasteiger partial charge in [0.2, 0.25) is 5.88 Å². The summed E-state index contributed by atoms with van der Waals surface area (Å²) >= 11 is 4.66. The van der Waals surface area contributed by atoms with Gasteiger partial charge < -0.3 is 9.29 Å². The van der Waals surface area contributed by atoms with Crippen LogP contribution in [0.4, 0.5) is 0 Å². The Kier molecular flexibility index (Phi) is 6.43. The Labute approximate surface area is 179 Å². The summed E-state index contributed by atoms with van der Waals surface area (Å²) in [5.41, 5.74) is 0.647. The number of ether oxygens (including phenoxy) is 1. The van der Waals surface area contributed by atoms with Gasteiger partial charge in [-0.15, -0.1) is 0 Å². The molecule has 0 saturated heterocycles. The van der Waals surface area contributed by atoms with Crippen molar-refractivity contribution in [2.24, 2.45) is 4.40 Å². The topological polar surface area (TPSA) is 105 Å². The highest BCUT2D eigenvalue weighted by molar-refractivity contribution is 7.92. The zero-order chi connectivity index (χ0) is 21.4. The number of aromatic nitrogens is 2. The van der Waals surface area contributed by atoms with E-state index in [1.165, 1.54) is 6.21 Å². The first-order chi connectivity index (χ1) is 13.5. The summed E-state index contributed by atoms with van der Waals surface area (Å²) in [6.45, 7) is 7.19. The first kappa shape index (κ1) is 22.3. The smallest absolute Gasteiger partial charge is 0.223 e. The van der Waals surface area contributed by atoms with Gasteiger partial charge in [0.05, 0.1) is 16.9 Å². The van der Waals surface area contributed by atoms with E-state index in [0.29, 0.717) is 34.8 Å². The van der Waals surface area contributed by atoms with Crippen LogP contribution in [-0.4, -0.2) is 51.0 Å². The van der Waals surface area contributed by atoms with Gasteiger partial charge >= 0.3 is 0 Å². The molecule has 2 aromatic rings.